The Balaban J connectivity index is 2.08. The highest BCUT2D eigenvalue weighted by atomic mass is 16.5. The zero-order valence-corrected chi connectivity index (χ0v) is 12.1. The van der Waals surface area contributed by atoms with E-state index in [9.17, 15) is 4.79 Å². The predicted molar refractivity (Wildman–Crippen MR) is 80.9 cm³/mol. The molecule has 1 atom stereocenters. The van der Waals surface area contributed by atoms with Crippen LogP contribution in [0.4, 0.5) is 11.4 Å². The number of hydrogen-bond acceptors (Lipinski definition) is 4. The molecule has 1 aromatic carbocycles. The minimum atomic E-state index is -0.109. The Labute approximate surface area is 119 Å². The molecule has 0 spiro atoms. The number of ether oxygens (including phenoxy) is 1. The average molecular weight is 277 g/mol. The normalized spacial score (nSPS) is 18.2. The van der Waals surface area contributed by atoms with Gasteiger partial charge in [0.2, 0.25) is 0 Å². The van der Waals surface area contributed by atoms with Gasteiger partial charge in [-0.3, -0.25) is 4.79 Å². The Kier molecular flexibility index (Phi) is 4.84. The highest BCUT2D eigenvalue weighted by Crippen LogP contribution is 2.20. The van der Waals surface area contributed by atoms with E-state index in [4.69, 9.17) is 10.5 Å². The lowest BCUT2D eigenvalue weighted by Crippen LogP contribution is -2.31. The van der Waals surface area contributed by atoms with Crippen LogP contribution in [0.3, 0.4) is 0 Å². The minimum absolute atomic E-state index is 0.0925. The van der Waals surface area contributed by atoms with Gasteiger partial charge in [0, 0.05) is 30.6 Å². The second kappa shape index (κ2) is 6.61. The third kappa shape index (κ3) is 3.87. The molecule has 5 nitrogen and oxygen atoms in total. The molecule has 1 aliphatic rings. The summed E-state index contributed by atoms with van der Waals surface area (Å²) in [5, 5.41) is 6.18. The van der Waals surface area contributed by atoms with Crippen LogP contribution >= 0.6 is 0 Å². The first-order valence-electron chi connectivity index (χ1n) is 7.12. The van der Waals surface area contributed by atoms with Gasteiger partial charge in [0.25, 0.3) is 5.91 Å². The van der Waals surface area contributed by atoms with E-state index in [2.05, 4.69) is 10.6 Å². The molecule has 1 saturated heterocycles. The second-order valence-electron chi connectivity index (χ2n) is 5.45. The highest BCUT2D eigenvalue weighted by Gasteiger charge is 2.17. The number of hydrogen-bond donors (Lipinski definition) is 3. The van der Waals surface area contributed by atoms with Gasteiger partial charge in [0.15, 0.2) is 0 Å². The summed E-state index contributed by atoms with van der Waals surface area (Å²) in [4.78, 5) is 12.2. The molecule has 5 heteroatoms. The SMILES string of the molecule is CC(C)NC(=O)c1cc(N)ccc1NCC1CCCO1. The molecule has 1 aliphatic heterocycles. The maximum atomic E-state index is 12.2. The molecule has 0 bridgehead atoms. The molecule has 0 saturated carbocycles. The average Bonchev–Trinajstić information content (AvgIpc) is 2.89. The molecule has 0 aliphatic carbocycles. The van der Waals surface area contributed by atoms with E-state index in [1.54, 1.807) is 12.1 Å². The van der Waals surface area contributed by atoms with Crippen molar-refractivity contribution in [3.63, 3.8) is 0 Å². The summed E-state index contributed by atoms with van der Waals surface area (Å²) in [7, 11) is 0. The first-order valence-corrected chi connectivity index (χ1v) is 7.12. The van der Waals surface area contributed by atoms with E-state index in [-0.39, 0.29) is 18.1 Å². The maximum Gasteiger partial charge on any atom is 0.253 e. The quantitative estimate of drug-likeness (QED) is 0.719. The van der Waals surface area contributed by atoms with Crippen molar-refractivity contribution in [1.29, 1.82) is 0 Å². The van der Waals surface area contributed by atoms with E-state index < -0.39 is 0 Å². The number of carbonyl (C=O) groups excluding carboxylic acids is 1. The maximum absolute atomic E-state index is 12.2. The fourth-order valence-corrected chi connectivity index (χ4v) is 2.27. The molecule has 1 amide bonds. The van der Waals surface area contributed by atoms with Gasteiger partial charge < -0.3 is 21.1 Å². The van der Waals surface area contributed by atoms with Crippen LogP contribution in [-0.4, -0.2) is 31.2 Å². The topological polar surface area (TPSA) is 76.4 Å². The van der Waals surface area contributed by atoms with Gasteiger partial charge in [-0.05, 0) is 44.9 Å². The number of nitrogens with one attached hydrogen (secondary N) is 2. The summed E-state index contributed by atoms with van der Waals surface area (Å²) in [5.74, 6) is -0.109. The van der Waals surface area contributed by atoms with E-state index in [1.165, 1.54) is 0 Å². The van der Waals surface area contributed by atoms with Crippen LogP contribution in [0.15, 0.2) is 18.2 Å². The first kappa shape index (κ1) is 14.7. The van der Waals surface area contributed by atoms with Crippen LogP contribution in [0.1, 0.15) is 37.0 Å². The van der Waals surface area contributed by atoms with E-state index in [0.29, 0.717) is 17.8 Å². The van der Waals surface area contributed by atoms with Crippen LogP contribution in [0.2, 0.25) is 0 Å². The Morgan fingerprint density at radius 1 is 1.50 bits per heavy atom. The van der Waals surface area contributed by atoms with E-state index >= 15 is 0 Å². The van der Waals surface area contributed by atoms with Crippen LogP contribution in [0, 0.1) is 0 Å². The van der Waals surface area contributed by atoms with Crippen molar-refractivity contribution in [3.05, 3.63) is 23.8 Å². The largest absolute Gasteiger partial charge is 0.399 e. The van der Waals surface area contributed by atoms with Crippen LogP contribution in [-0.2, 0) is 4.74 Å². The number of nitrogens with two attached hydrogens (primary N) is 1. The molecule has 1 unspecified atom stereocenters. The van der Waals surface area contributed by atoms with Gasteiger partial charge in [0.05, 0.1) is 11.7 Å². The smallest absolute Gasteiger partial charge is 0.253 e. The van der Waals surface area contributed by atoms with Crippen molar-refractivity contribution >= 4 is 17.3 Å². The van der Waals surface area contributed by atoms with Crippen molar-refractivity contribution in [3.8, 4) is 0 Å². The standard InChI is InChI=1S/C15H23N3O2/c1-10(2)18-15(19)13-8-11(16)5-6-14(13)17-9-12-4-3-7-20-12/h5-6,8,10,12,17H,3-4,7,9,16H2,1-2H3,(H,18,19). The third-order valence-electron chi connectivity index (χ3n) is 3.25. The lowest BCUT2D eigenvalue weighted by Gasteiger charge is -2.16. The van der Waals surface area contributed by atoms with Gasteiger partial charge in [-0.1, -0.05) is 0 Å². The zero-order valence-electron chi connectivity index (χ0n) is 12.1. The summed E-state index contributed by atoms with van der Waals surface area (Å²) in [6, 6.07) is 5.44. The lowest BCUT2D eigenvalue weighted by atomic mass is 10.1. The van der Waals surface area contributed by atoms with Gasteiger partial charge in [-0.25, -0.2) is 0 Å². The molecule has 0 aromatic heterocycles. The fraction of sp³-hybridized carbons (Fsp3) is 0.533. The number of amides is 1. The van der Waals surface area contributed by atoms with Crippen LogP contribution in [0.5, 0.6) is 0 Å². The van der Waals surface area contributed by atoms with Crippen molar-refractivity contribution in [2.24, 2.45) is 0 Å². The van der Waals surface area contributed by atoms with Gasteiger partial charge in [-0.2, -0.15) is 0 Å². The predicted octanol–water partition coefficient (Wildman–Crippen LogP) is 2.00. The molecule has 1 heterocycles. The second-order valence-corrected chi connectivity index (χ2v) is 5.45. The zero-order chi connectivity index (χ0) is 14.5. The van der Waals surface area contributed by atoms with E-state index in [1.807, 2.05) is 19.9 Å². The summed E-state index contributed by atoms with van der Waals surface area (Å²) in [5.41, 5.74) is 7.75. The fourth-order valence-electron chi connectivity index (χ4n) is 2.27. The summed E-state index contributed by atoms with van der Waals surface area (Å²) >= 11 is 0. The van der Waals surface area contributed by atoms with E-state index in [0.717, 1.165) is 25.1 Å². The molecule has 0 radical (unpaired) electrons. The van der Waals surface area contributed by atoms with Crippen molar-refractivity contribution < 1.29 is 9.53 Å². The summed E-state index contributed by atoms with van der Waals surface area (Å²) in [6.45, 7) is 5.41. The molecule has 1 aromatic rings. The number of carbonyl (C=O) groups is 1. The van der Waals surface area contributed by atoms with Gasteiger partial charge in [0.1, 0.15) is 0 Å². The molecule has 1 fully saturated rings. The Hall–Kier alpha value is -1.75. The highest BCUT2D eigenvalue weighted by molar-refractivity contribution is 6.00. The Morgan fingerprint density at radius 3 is 2.95 bits per heavy atom. The number of rotatable bonds is 5. The monoisotopic (exact) mass is 277 g/mol. The Bertz CT molecular complexity index is 468. The number of anilines is 2. The molecule has 4 N–H and O–H groups in total. The van der Waals surface area contributed by atoms with Crippen molar-refractivity contribution in [1.82, 2.24) is 5.32 Å². The first-order chi connectivity index (χ1) is 9.56. The molecule has 110 valence electrons. The third-order valence-corrected chi connectivity index (χ3v) is 3.25. The lowest BCUT2D eigenvalue weighted by molar-refractivity contribution is 0.0943. The number of nitrogen functional groups attached to an aromatic ring is 1. The molecule has 20 heavy (non-hydrogen) atoms. The van der Waals surface area contributed by atoms with Gasteiger partial charge in [-0.15, -0.1) is 0 Å². The van der Waals surface area contributed by atoms with Crippen LogP contribution in [0.25, 0.3) is 0 Å². The molecular formula is C15H23N3O2. The van der Waals surface area contributed by atoms with Crippen molar-refractivity contribution in [2.45, 2.75) is 38.8 Å². The van der Waals surface area contributed by atoms with Crippen molar-refractivity contribution in [2.75, 3.05) is 24.2 Å². The van der Waals surface area contributed by atoms with Crippen LogP contribution < -0.4 is 16.4 Å². The van der Waals surface area contributed by atoms with Gasteiger partial charge >= 0.3 is 0 Å². The molecular weight excluding hydrogens is 254 g/mol. The number of benzene rings is 1. The Morgan fingerprint density at radius 2 is 2.30 bits per heavy atom. The summed E-state index contributed by atoms with van der Waals surface area (Å²) < 4.78 is 5.58. The minimum Gasteiger partial charge on any atom is -0.399 e. The summed E-state index contributed by atoms with van der Waals surface area (Å²) in [6.07, 6.45) is 2.40. The molecule has 2 rings (SSSR count).